The molecular weight excluding hydrogens is 288 g/mol. The lowest BCUT2D eigenvalue weighted by molar-refractivity contribution is 0.125. The highest BCUT2D eigenvalue weighted by Crippen LogP contribution is 2.30. The van der Waals surface area contributed by atoms with E-state index in [1.807, 2.05) is 32.9 Å². The lowest BCUT2D eigenvalue weighted by atomic mass is 10.1. The fraction of sp³-hybridized carbons (Fsp3) is 0.684. The summed E-state index contributed by atoms with van der Waals surface area (Å²) in [4.78, 5) is 2.53. The second kappa shape index (κ2) is 8.02. The van der Waals surface area contributed by atoms with Crippen molar-refractivity contribution in [2.75, 3.05) is 19.6 Å². The summed E-state index contributed by atoms with van der Waals surface area (Å²) in [5, 5.41) is 9.98. The average molecular weight is 320 g/mol. The Morgan fingerprint density at radius 3 is 2.52 bits per heavy atom. The fourth-order valence-corrected chi connectivity index (χ4v) is 3.31. The van der Waals surface area contributed by atoms with Crippen molar-refractivity contribution in [1.82, 2.24) is 4.90 Å². The van der Waals surface area contributed by atoms with Gasteiger partial charge in [0.1, 0.15) is 5.60 Å². The summed E-state index contributed by atoms with van der Waals surface area (Å²) in [7, 11) is 0. The molecule has 130 valence electrons. The Bertz CT molecular complexity index is 491. The van der Waals surface area contributed by atoms with Gasteiger partial charge in [0.25, 0.3) is 0 Å². The maximum absolute atomic E-state index is 9.98. The molecule has 0 saturated heterocycles. The van der Waals surface area contributed by atoms with Crippen LogP contribution in [0, 0.1) is 0 Å². The van der Waals surface area contributed by atoms with Crippen LogP contribution in [-0.2, 0) is 6.42 Å². The number of benzene rings is 1. The zero-order chi connectivity index (χ0) is 16.9. The summed E-state index contributed by atoms with van der Waals surface area (Å²) in [6.07, 6.45) is 6.24. The minimum atomic E-state index is -0.314. The second-order valence-corrected chi connectivity index (χ2v) is 7.53. The van der Waals surface area contributed by atoms with Crippen LogP contribution in [0.25, 0.3) is 0 Å². The van der Waals surface area contributed by atoms with Gasteiger partial charge in [-0.3, -0.25) is 4.90 Å². The maximum atomic E-state index is 9.98. The third kappa shape index (κ3) is 5.70. The number of hydrogen-bond acceptors (Lipinski definition) is 4. The first-order valence-electron chi connectivity index (χ1n) is 8.84. The number of nitrogens with two attached hydrogens (primary N) is 1. The van der Waals surface area contributed by atoms with E-state index in [9.17, 15) is 5.11 Å². The molecule has 1 aromatic carbocycles. The van der Waals surface area contributed by atoms with Gasteiger partial charge in [0.05, 0.1) is 0 Å². The molecule has 23 heavy (non-hydrogen) atoms. The number of hydrogen-bond donors (Lipinski definition) is 2. The number of ether oxygens (including phenoxy) is 1. The standard InChI is InChI=1S/C19H32N2O2/c1-19(2,3)23-18-14-15(8-9-17(18)22)10-12-21(13-11-20)16-6-4-5-7-16/h8-9,14,16,22H,4-7,10-13,20H2,1-3H3. The van der Waals surface area contributed by atoms with Crippen molar-refractivity contribution >= 4 is 0 Å². The third-order valence-electron chi connectivity index (χ3n) is 4.39. The predicted molar refractivity (Wildman–Crippen MR) is 95.1 cm³/mol. The molecule has 4 heteroatoms. The van der Waals surface area contributed by atoms with Crippen molar-refractivity contribution in [3.05, 3.63) is 23.8 Å². The highest BCUT2D eigenvalue weighted by atomic mass is 16.5. The first kappa shape index (κ1) is 18.1. The summed E-state index contributed by atoms with van der Waals surface area (Å²) in [6.45, 7) is 8.66. The summed E-state index contributed by atoms with van der Waals surface area (Å²) >= 11 is 0. The van der Waals surface area contributed by atoms with E-state index in [-0.39, 0.29) is 11.4 Å². The van der Waals surface area contributed by atoms with E-state index in [0.29, 0.717) is 18.3 Å². The molecule has 1 aliphatic rings. The van der Waals surface area contributed by atoms with Gasteiger partial charge in [-0.25, -0.2) is 0 Å². The molecule has 3 N–H and O–H groups in total. The lowest BCUT2D eigenvalue weighted by Gasteiger charge is -2.28. The molecule has 0 atom stereocenters. The third-order valence-corrected chi connectivity index (χ3v) is 4.39. The Morgan fingerprint density at radius 1 is 1.22 bits per heavy atom. The number of aromatic hydroxyl groups is 1. The quantitative estimate of drug-likeness (QED) is 0.809. The van der Waals surface area contributed by atoms with Gasteiger partial charge in [-0.1, -0.05) is 18.9 Å². The van der Waals surface area contributed by atoms with Gasteiger partial charge < -0.3 is 15.6 Å². The largest absolute Gasteiger partial charge is 0.504 e. The highest BCUT2D eigenvalue weighted by molar-refractivity contribution is 5.42. The molecule has 0 aliphatic heterocycles. The number of rotatable bonds is 7. The van der Waals surface area contributed by atoms with E-state index >= 15 is 0 Å². The van der Waals surface area contributed by atoms with E-state index in [4.69, 9.17) is 10.5 Å². The Hall–Kier alpha value is -1.26. The van der Waals surface area contributed by atoms with Crippen molar-refractivity contribution in [3.8, 4) is 11.5 Å². The lowest BCUT2D eigenvalue weighted by Crippen LogP contribution is -2.38. The number of phenolic OH excluding ortho intramolecular Hbond substituents is 1. The molecule has 4 nitrogen and oxygen atoms in total. The van der Waals surface area contributed by atoms with E-state index < -0.39 is 0 Å². The fourth-order valence-electron chi connectivity index (χ4n) is 3.31. The van der Waals surface area contributed by atoms with E-state index in [1.54, 1.807) is 6.07 Å². The molecule has 0 aromatic heterocycles. The van der Waals surface area contributed by atoms with E-state index in [2.05, 4.69) is 4.90 Å². The van der Waals surface area contributed by atoms with Crippen molar-refractivity contribution in [1.29, 1.82) is 0 Å². The minimum absolute atomic E-state index is 0.207. The summed E-state index contributed by atoms with van der Waals surface area (Å²) in [6, 6.07) is 6.39. The van der Waals surface area contributed by atoms with Crippen LogP contribution in [0.2, 0.25) is 0 Å². The summed E-state index contributed by atoms with van der Waals surface area (Å²) < 4.78 is 5.84. The summed E-state index contributed by atoms with van der Waals surface area (Å²) in [5.41, 5.74) is 6.67. The molecule has 1 saturated carbocycles. The smallest absolute Gasteiger partial charge is 0.161 e. The first-order valence-corrected chi connectivity index (χ1v) is 8.84. The monoisotopic (exact) mass is 320 g/mol. The van der Waals surface area contributed by atoms with Crippen LogP contribution in [0.1, 0.15) is 52.0 Å². The van der Waals surface area contributed by atoms with Gasteiger partial charge in [0, 0.05) is 25.7 Å². The molecule has 1 fully saturated rings. The maximum Gasteiger partial charge on any atom is 0.161 e. The van der Waals surface area contributed by atoms with Crippen molar-refractivity contribution in [3.63, 3.8) is 0 Å². The molecule has 0 heterocycles. The van der Waals surface area contributed by atoms with E-state index in [1.165, 1.54) is 31.2 Å². The zero-order valence-corrected chi connectivity index (χ0v) is 14.8. The first-order chi connectivity index (χ1) is 10.9. The average Bonchev–Trinajstić information content (AvgIpc) is 2.99. The van der Waals surface area contributed by atoms with Gasteiger partial charge in [-0.2, -0.15) is 0 Å². The van der Waals surface area contributed by atoms with Crippen molar-refractivity contribution in [2.45, 2.75) is 64.5 Å². The van der Waals surface area contributed by atoms with Crippen LogP contribution in [-0.4, -0.2) is 41.3 Å². The Kier molecular flexibility index (Phi) is 6.31. The molecule has 0 spiro atoms. The number of nitrogens with zero attached hydrogens (tertiary/aromatic N) is 1. The van der Waals surface area contributed by atoms with Crippen LogP contribution in [0.15, 0.2) is 18.2 Å². The Labute approximate surface area is 140 Å². The zero-order valence-electron chi connectivity index (χ0n) is 14.8. The van der Waals surface area contributed by atoms with Crippen LogP contribution in [0.5, 0.6) is 11.5 Å². The van der Waals surface area contributed by atoms with Crippen LogP contribution >= 0.6 is 0 Å². The molecule has 0 radical (unpaired) electrons. The Balaban J connectivity index is 1.99. The summed E-state index contributed by atoms with van der Waals surface area (Å²) in [5.74, 6) is 0.777. The second-order valence-electron chi connectivity index (χ2n) is 7.53. The molecule has 1 aromatic rings. The Morgan fingerprint density at radius 2 is 1.91 bits per heavy atom. The van der Waals surface area contributed by atoms with Crippen molar-refractivity contribution in [2.24, 2.45) is 5.73 Å². The molecule has 0 amide bonds. The van der Waals surface area contributed by atoms with Gasteiger partial charge in [0.15, 0.2) is 11.5 Å². The molecular formula is C19H32N2O2. The van der Waals surface area contributed by atoms with Crippen LogP contribution in [0.4, 0.5) is 0 Å². The van der Waals surface area contributed by atoms with Gasteiger partial charge in [-0.15, -0.1) is 0 Å². The molecule has 0 unspecified atom stereocenters. The molecule has 2 rings (SSSR count). The molecule has 1 aliphatic carbocycles. The molecule has 0 bridgehead atoms. The highest BCUT2D eigenvalue weighted by Gasteiger charge is 2.22. The van der Waals surface area contributed by atoms with E-state index in [0.717, 1.165) is 19.5 Å². The number of phenols is 1. The topological polar surface area (TPSA) is 58.7 Å². The van der Waals surface area contributed by atoms with Gasteiger partial charge in [0.2, 0.25) is 0 Å². The van der Waals surface area contributed by atoms with Crippen LogP contribution < -0.4 is 10.5 Å². The predicted octanol–water partition coefficient (Wildman–Crippen LogP) is 3.32. The van der Waals surface area contributed by atoms with Crippen LogP contribution in [0.3, 0.4) is 0 Å². The van der Waals surface area contributed by atoms with Crippen molar-refractivity contribution < 1.29 is 9.84 Å². The normalized spacial score (nSPS) is 16.2. The van der Waals surface area contributed by atoms with Gasteiger partial charge >= 0.3 is 0 Å². The minimum Gasteiger partial charge on any atom is -0.504 e. The SMILES string of the molecule is CC(C)(C)Oc1cc(CCN(CCN)C2CCCC2)ccc1O. The van der Waals surface area contributed by atoms with Gasteiger partial charge in [-0.05, 0) is 57.7 Å².